The topological polar surface area (TPSA) is 77.0 Å². The molecule has 5 nitrogen and oxygen atoms in total. The Balaban J connectivity index is 2.84. The van der Waals surface area contributed by atoms with Crippen molar-refractivity contribution in [3.8, 4) is 0 Å². The van der Waals surface area contributed by atoms with Gasteiger partial charge in [0, 0.05) is 6.54 Å². The average molecular weight is 198 g/mol. The molecule has 0 saturated carbocycles. The van der Waals surface area contributed by atoms with Crippen molar-refractivity contribution in [2.45, 2.75) is 39.3 Å². The van der Waals surface area contributed by atoms with Gasteiger partial charge in [0.25, 0.3) is 0 Å². The van der Waals surface area contributed by atoms with E-state index in [1.807, 2.05) is 11.5 Å². The molecule has 0 spiro atoms. The van der Waals surface area contributed by atoms with Gasteiger partial charge in [0.1, 0.15) is 11.9 Å². The summed E-state index contributed by atoms with van der Waals surface area (Å²) in [6.07, 6.45) is 0.941. The van der Waals surface area contributed by atoms with Crippen LogP contribution in [0.5, 0.6) is 0 Å². The molecular weight excluding hydrogens is 180 g/mol. The normalized spacial score (nSPS) is 13.1. The van der Waals surface area contributed by atoms with Gasteiger partial charge < -0.3 is 15.4 Å². The van der Waals surface area contributed by atoms with Crippen LogP contribution in [0, 0.1) is 6.92 Å². The molecule has 0 aliphatic heterocycles. The Morgan fingerprint density at radius 3 is 2.79 bits per heavy atom. The molecule has 1 heterocycles. The minimum atomic E-state index is -0.590. The van der Waals surface area contributed by atoms with Crippen molar-refractivity contribution in [2.75, 3.05) is 6.54 Å². The smallest absolute Gasteiger partial charge is 0.162 e. The molecule has 0 aromatic carbocycles. The monoisotopic (exact) mass is 198 g/mol. The predicted molar refractivity (Wildman–Crippen MR) is 53.7 cm³/mol. The molecule has 0 fully saturated rings. The summed E-state index contributed by atoms with van der Waals surface area (Å²) < 4.78 is 1.94. The maximum absolute atomic E-state index is 9.74. The van der Waals surface area contributed by atoms with Gasteiger partial charge in [-0.3, -0.25) is 0 Å². The van der Waals surface area contributed by atoms with Crippen LogP contribution in [0.3, 0.4) is 0 Å². The van der Waals surface area contributed by atoms with E-state index in [0.717, 1.165) is 18.8 Å². The van der Waals surface area contributed by atoms with Gasteiger partial charge in [-0.2, -0.15) is 0 Å². The molecule has 1 atom stereocenters. The Morgan fingerprint density at radius 2 is 2.21 bits per heavy atom. The van der Waals surface area contributed by atoms with Crippen LogP contribution in [0.2, 0.25) is 0 Å². The van der Waals surface area contributed by atoms with E-state index < -0.39 is 6.10 Å². The first-order valence-corrected chi connectivity index (χ1v) is 4.98. The summed E-state index contributed by atoms with van der Waals surface area (Å²) in [4.78, 5) is 0. The van der Waals surface area contributed by atoms with E-state index in [1.165, 1.54) is 0 Å². The highest BCUT2D eigenvalue weighted by Gasteiger charge is 2.15. The van der Waals surface area contributed by atoms with Crippen LogP contribution in [0.1, 0.15) is 37.5 Å². The van der Waals surface area contributed by atoms with Gasteiger partial charge in [-0.25, -0.2) is 0 Å². The largest absolute Gasteiger partial charge is 0.385 e. The molecule has 0 aliphatic rings. The van der Waals surface area contributed by atoms with Crippen molar-refractivity contribution in [3.05, 3.63) is 11.6 Å². The van der Waals surface area contributed by atoms with E-state index in [1.54, 1.807) is 0 Å². The molecule has 0 radical (unpaired) electrons. The number of aliphatic hydroxyl groups is 1. The number of aromatic nitrogens is 3. The third-order valence-electron chi connectivity index (χ3n) is 2.15. The molecular formula is C9H18N4O. The lowest BCUT2D eigenvalue weighted by Gasteiger charge is -2.11. The molecule has 5 heteroatoms. The van der Waals surface area contributed by atoms with Gasteiger partial charge in [0.15, 0.2) is 5.82 Å². The molecule has 0 bridgehead atoms. The highest BCUT2D eigenvalue weighted by Crippen LogP contribution is 2.15. The van der Waals surface area contributed by atoms with Crippen molar-refractivity contribution >= 4 is 0 Å². The second-order valence-corrected chi connectivity index (χ2v) is 3.35. The SMILES string of the molecule is CCCn1c(C)nnc1C(O)CCN. The van der Waals surface area contributed by atoms with E-state index in [-0.39, 0.29) is 0 Å². The van der Waals surface area contributed by atoms with Gasteiger partial charge >= 0.3 is 0 Å². The Labute approximate surface area is 83.9 Å². The van der Waals surface area contributed by atoms with Gasteiger partial charge in [0.05, 0.1) is 0 Å². The highest BCUT2D eigenvalue weighted by atomic mass is 16.3. The van der Waals surface area contributed by atoms with Crippen LogP contribution in [0.25, 0.3) is 0 Å². The number of nitrogens with zero attached hydrogens (tertiary/aromatic N) is 3. The van der Waals surface area contributed by atoms with Gasteiger partial charge in [-0.05, 0) is 26.3 Å². The Bertz CT molecular complexity index is 284. The third-order valence-corrected chi connectivity index (χ3v) is 2.15. The van der Waals surface area contributed by atoms with Crippen molar-refractivity contribution in [1.82, 2.24) is 14.8 Å². The lowest BCUT2D eigenvalue weighted by Crippen LogP contribution is -2.13. The predicted octanol–water partition coefficient (Wildman–Crippen LogP) is 0.379. The van der Waals surface area contributed by atoms with Gasteiger partial charge in [-0.1, -0.05) is 6.92 Å². The van der Waals surface area contributed by atoms with E-state index in [0.29, 0.717) is 18.8 Å². The quantitative estimate of drug-likeness (QED) is 0.717. The standard InChI is InChI=1S/C9H18N4O/c1-3-6-13-7(2)11-12-9(13)8(14)4-5-10/h8,14H,3-6,10H2,1-2H3. The maximum atomic E-state index is 9.74. The highest BCUT2D eigenvalue weighted by molar-refractivity contribution is 4.97. The number of rotatable bonds is 5. The minimum absolute atomic E-state index is 0.458. The number of hydrogen-bond acceptors (Lipinski definition) is 4. The van der Waals surface area contributed by atoms with Crippen LogP contribution in [0.15, 0.2) is 0 Å². The van der Waals surface area contributed by atoms with Crippen molar-refractivity contribution in [1.29, 1.82) is 0 Å². The van der Waals surface area contributed by atoms with Crippen molar-refractivity contribution in [2.24, 2.45) is 5.73 Å². The van der Waals surface area contributed by atoms with Gasteiger partial charge in [0.2, 0.25) is 0 Å². The van der Waals surface area contributed by atoms with Crippen LogP contribution >= 0.6 is 0 Å². The maximum Gasteiger partial charge on any atom is 0.162 e. The zero-order valence-corrected chi connectivity index (χ0v) is 8.77. The van der Waals surface area contributed by atoms with Crippen molar-refractivity contribution < 1.29 is 5.11 Å². The number of hydrogen-bond donors (Lipinski definition) is 2. The van der Waals surface area contributed by atoms with E-state index >= 15 is 0 Å². The molecule has 3 N–H and O–H groups in total. The summed E-state index contributed by atoms with van der Waals surface area (Å²) in [5.41, 5.74) is 5.38. The molecule has 1 unspecified atom stereocenters. The zero-order valence-electron chi connectivity index (χ0n) is 8.77. The molecule has 1 rings (SSSR count). The fraction of sp³-hybridized carbons (Fsp3) is 0.778. The van der Waals surface area contributed by atoms with E-state index in [2.05, 4.69) is 17.1 Å². The fourth-order valence-electron chi connectivity index (χ4n) is 1.43. The summed E-state index contributed by atoms with van der Waals surface area (Å²) in [6.45, 7) is 5.27. The number of aryl methyl sites for hydroxylation is 1. The molecule has 0 aliphatic carbocycles. The summed E-state index contributed by atoms with van der Waals surface area (Å²) in [7, 11) is 0. The molecule has 0 amide bonds. The van der Waals surface area contributed by atoms with Crippen molar-refractivity contribution in [3.63, 3.8) is 0 Å². The Hall–Kier alpha value is -0.940. The minimum Gasteiger partial charge on any atom is -0.385 e. The van der Waals surface area contributed by atoms with E-state index in [9.17, 15) is 5.11 Å². The van der Waals surface area contributed by atoms with Crippen LogP contribution in [0.4, 0.5) is 0 Å². The number of nitrogens with two attached hydrogens (primary N) is 1. The summed E-state index contributed by atoms with van der Waals surface area (Å²) in [5.74, 6) is 1.48. The molecule has 14 heavy (non-hydrogen) atoms. The average Bonchev–Trinajstić information content (AvgIpc) is 2.50. The summed E-state index contributed by atoms with van der Waals surface area (Å²) in [6, 6.07) is 0. The zero-order chi connectivity index (χ0) is 10.6. The molecule has 0 saturated heterocycles. The van der Waals surface area contributed by atoms with Crippen LogP contribution in [-0.2, 0) is 6.54 Å². The summed E-state index contributed by atoms with van der Waals surface area (Å²) >= 11 is 0. The molecule has 80 valence electrons. The second-order valence-electron chi connectivity index (χ2n) is 3.35. The Kier molecular flexibility index (Phi) is 4.03. The lowest BCUT2D eigenvalue weighted by molar-refractivity contribution is 0.155. The Morgan fingerprint density at radius 1 is 1.50 bits per heavy atom. The van der Waals surface area contributed by atoms with Crippen LogP contribution in [-0.4, -0.2) is 26.4 Å². The number of aliphatic hydroxyl groups excluding tert-OH is 1. The summed E-state index contributed by atoms with van der Waals surface area (Å²) in [5, 5.41) is 17.6. The first-order valence-electron chi connectivity index (χ1n) is 4.98. The molecule has 1 aromatic heterocycles. The first-order chi connectivity index (χ1) is 6.70. The second kappa shape index (κ2) is 5.07. The first kappa shape index (κ1) is 11.1. The fourth-order valence-corrected chi connectivity index (χ4v) is 1.43. The van der Waals surface area contributed by atoms with E-state index in [4.69, 9.17) is 5.73 Å². The third kappa shape index (κ3) is 2.30. The van der Waals surface area contributed by atoms with Gasteiger partial charge in [-0.15, -0.1) is 10.2 Å². The van der Waals surface area contributed by atoms with Crippen LogP contribution < -0.4 is 5.73 Å². The lowest BCUT2D eigenvalue weighted by atomic mass is 10.2. The molecule has 1 aromatic rings.